The van der Waals surface area contributed by atoms with E-state index in [1.54, 1.807) is 30.3 Å². The van der Waals surface area contributed by atoms with Gasteiger partial charge in [0.05, 0.1) is 16.9 Å². The van der Waals surface area contributed by atoms with Gasteiger partial charge in [0.25, 0.3) is 0 Å². The summed E-state index contributed by atoms with van der Waals surface area (Å²) in [5, 5.41) is 6.59. The summed E-state index contributed by atoms with van der Waals surface area (Å²) in [7, 11) is 0. The molecular weight excluding hydrogens is 391 g/mol. The number of hydrogen-bond donors (Lipinski definition) is 0. The molecule has 0 saturated carbocycles. The van der Waals surface area contributed by atoms with Crippen LogP contribution in [0.2, 0.25) is 0 Å². The van der Waals surface area contributed by atoms with Gasteiger partial charge in [-0.3, -0.25) is 0 Å². The lowest BCUT2D eigenvalue weighted by molar-refractivity contribution is 0.0723. The Morgan fingerprint density at radius 1 is 0.774 bits per heavy atom. The molecule has 4 aromatic carbocycles. The summed E-state index contributed by atoms with van der Waals surface area (Å²) >= 11 is 0. The van der Waals surface area contributed by atoms with Gasteiger partial charge in [-0.2, -0.15) is 5.10 Å². The van der Waals surface area contributed by atoms with Crippen molar-refractivity contribution < 1.29 is 13.9 Å². The van der Waals surface area contributed by atoms with Crippen molar-refractivity contribution in [2.24, 2.45) is 0 Å². The molecule has 5 aromatic rings. The fourth-order valence-corrected chi connectivity index (χ4v) is 3.42. The molecule has 0 amide bonds. The van der Waals surface area contributed by atoms with E-state index in [1.165, 1.54) is 16.8 Å². The third-order valence-electron chi connectivity index (χ3n) is 5.00. The zero-order chi connectivity index (χ0) is 21.2. The second kappa shape index (κ2) is 7.88. The maximum Gasteiger partial charge on any atom is 0.344 e. The lowest BCUT2D eigenvalue weighted by Gasteiger charge is -2.08. The Kier molecular flexibility index (Phi) is 4.77. The van der Waals surface area contributed by atoms with Crippen LogP contribution in [0.5, 0.6) is 5.88 Å². The number of carbonyl (C=O) groups excluding carboxylic acids is 1. The van der Waals surface area contributed by atoms with Gasteiger partial charge in [0.15, 0.2) is 0 Å². The average molecular weight is 408 g/mol. The van der Waals surface area contributed by atoms with Gasteiger partial charge in [-0.05, 0) is 47.2 Å². The van der Waals surface area contributed by atoms with E-state index in [-0.39, 0.29) is 11.7 Å². The number of fused-ring (bicyclic) bond motifs is 1. The number of carbonyl (C=O) groups is 1. The zero-order valence-electron chi connectivity index (χ0n) is 16.4. The van der Waals surface area contributed by atoms with Gasteiger partial charge in [0.2, 0.25) is 5.88 Å². The van der Waals surface area contributed by atoms with E-state index in [2.05, 4.69) is 5.10 Å². The number of halogens is 1. The summed E-state index contributed by atoms with van der Waals surface area (Å²) in [4.78, 5) is 12.9. The fourth-order valence-electron chi connectivity index (χ4n) is 3.42. The lowest BCUT2D eigenvalue weighted by Crippen LogP contribution is -2.11. The van der Waals surface area contributed by atoms with Crippen molar-refractivity contribution in [1.29, 1.82) is 0 Å². The van der Waals surface area contributed by atoms with Gasteiger partial charge >= 0.3 is 5.97 Å². The number of ether oxygens (including phenoxy) is 1. The summed E-state index contributed by atoms with van der Waals surface area (Å²) < 4.78 is 20.7. The van der Waals surface area contributed by atoms with Gasteiger partial charge < -0.3 is 4.74 Å². The molecule has 5 heteroatoms. The molecule has 4 nitrogen and oxygen atoms in total. The number of nitrogens with zero attached hydrogens (tertiary/aromatic N) is 2. The predicted octanol–water partition coefficient (Wildman–Crippen LogP) is 6.05. The predicted molar refractivity (Wildman–Crippen MR) is 118 cm³/mol. The Labute approximate surface area is 178 Å². The first-order valence-electron chi connectivity index (χ1n) is 9.80. The molecule has 0 saturated heterocycles. The molecule has 0 N–H and O–H groups in total. The van der Waals surface area contributed by atoms with Gasteiger partial charge in [-0.15, -0.1) is 0 Å². The SMILES string of the molecule is O=C(Oc1cc(-c2ccccc2)nn1-c1ccc(F)cc1)c1ccc2ccccc2c1. The van der Waals surface area contributed by atoms with Gasteiger partial charge in [0, 0.05) is 11.6 Å². The molecule has 0 radical (unpaired) electrons. The van der Waals surface area contributed by atoms with E-state index in [0.717, 1.165) is 16.3 Å². The van der Waals surface area contributed by atoms with Crippen LogP contribution in [0.15, 0.2) is 103 Å². The van der Waals surface area contributed by atoms with Crippen LogP contribution in [0, 0.1) is 5.82 Å². The topological polar surface area (TPSA) is 44.1 Å². The first-order valence-corrected chi connectivity index (χ1v) is 9.80. The second-order valence-corrected chi connectivity index (χ2v) is 7.07. The number of rotatable bonds is 4. The molecule has 0 aliphatic heterocycles. The number of hydrogen-bond acceptors (Lipinski definition) is 3. The molecular formula is C26H17FN2O2. The van der Waals surface area contributed by atoms with Crippen LogP contribution < -0.4 is 4.74 Å². The largest absolute Gasteiger partial charge is 0.404 e. The Morgan fingerprint density at radius 2 is 1.48 bits per heavy atom. The maximum atomic E-state index is 13.4. The van der Waals surface area contributed by atoms with Crippen molar-refractivity contribution in [2.45, 2.75) is 0 Å². The van der Waals surface area contributed by atoms with Crippen molar-refractivity contribution in [3.8, 4) is 22.8 Å². The standard InChI is InChI=1S/C26H17FN2O2/c27-22-12-14-23(15-13-22)29-25(17-24(28-29)19-7-2-1-3-8-19)31-26(30)21-11-10-18-6-4-5-9-20(18)16-21/h1-17H. The summed E-state index contributed by atoms with van der Waals surface area (Å²) in [5.41, 5.74) is 2.55. The highest BCUT2D eigenvalue weighted by Crippen LogP contribution is 2.27. The van der Waals surface area contributed by atoms with Gasteiger partial charge in [-0.1, -0.05) is 60.7 Å². The molecule has 31 heavy (non-hydrogen) atoms. The lowest BCUT2D eigenvalue weighted by atomic mass is 10.1. The third kappa shape index (κ3) is 3.81. The van der Waals surface area contributed by atoms with Gasteiger partial charge in [0.1, 0.15) is 5.82 Å². The van der Waals surface area contributed by atoms with E-state index >= 15 is 0 Å². The van der Waals surface area contributed by atoms with Crippen molar-refractivity contribution in [1.82, 2.24) is 9.78 Å². The number of aromatic nitrogens is 2. The summed E-state index contributed by atoms with van der Waals surface area (Å²) in [6, 6.07) is 30.4. The minimum absolute atomic E-state index is 0.253. The molecule has 0 atom stereocenters. The van der Waals surface area contributed by atoms with E-state index in [4.69, 9.17) is 4.74 Å². The second-order valence-electron chi connectivity index (χ2n) is 7.07. The van der Waals surface area contributed by atoms with Crippen LogP contribution in [-0.2, 0) is 0 Å². The molecule has 5 rings (SSSR count). The Hall–Kier alpha value is -4.25. The van der Waals surface area contributed by atoms with E-state index in [9.17, 15) is 9.18 Å². The third-order valence-corrected chi connectivity index (χ3v) is 5.00. The minimum Gasteiger partial charge on any atom is -0.404 e. The van der Waals surface area contributed by atoms with Crippen LogP contribution in [-0.4, -0.2) is 15.7 Å². The number of esters is 1. The van der Waals surface area contributed by atoms with Gasteiger partial charge in [-0.25, -0.2) is 13.9 Å². The van der Waals surface area contributed by atoms with Crippen molar-refractivity contribution in [3.05, 3.63) is 115 Å². The Balaban J connectivity index is 1.54. The highest BCUT2D eigenvalue weighted by Gasteiger charge is 2.17. The van der Waals surface area contributed by atoms with Crippen LogP contribution >= 0.6 is 0 Å². The fraction of sp³-hybridized carbons (Fsp3) is 0. The molecule has 0 aliphatic rings. The van der Waals surface area contributed by atoms with E-state index in [1.807, 2.05) is 60.7 Å². The summed E-state index contributed by atoms with van der Waals surface area (Å²) in [6.07, 6.45) is 0. The van der Waals surface area contributed by atoms with Crippen LogP contribution in [0.25, 0.3) is 27.7 Å². The average Bonchev–Trinajstić information content (AvgIpc) is 3.23. The Bertz CT molecular complexity index is 1380. The van der Waals surface area contributed by atoms with Crippen LogP contribution in [0.4, 0.5) is 4.39 Å². The highest BCUT2D eigenvalue weighted by molar-refractivity contribution is 5.96. The summed E-state index contributed by atoms with van der Waals surface area (Å²) in [6.45, 7) is 0. The van der Waals surface area contributed by atoms with Crippen LogP contribution in [0.3, 0.4) is 0 Å². The van der Waals surface area contributed by atoms with E-state index < -0.39 is 5.97 Å². The van der Waals surface area contributed by atoms with E-state index in [0.29, 0.717) is 16.9 Å². The molecule has 150 valence electrons. The van der Waals surface area contributed by atoms with Crippen LogP contribution in [0.1, 0.15) is 10.4 Å². The molecule has 1 heterocycles. The number of benzene rings is 4. The normalized spacial score (nSPS) is 10.9. The minimum atomic E-state index is -0.492. The Morgan fingerprint density at radius 3 is 2.26 bits per heavy atom. The molecule has 0 bridgehead atoms. The monoisotopic (exact) mass is 408 g/mol. The highest BCUT2D eigenvalue weighted by atomic mass is 19.1. The molecule has 1 aromatic heterocycles. The van der Waals surface area contributed by atoms with Crippen molar-refractivity contribution >= 4 is 16.7 Å². The van der Waals surface area contributed by atoms with Crippen molar-refractivity contribution in [2.75, 3.05) is 0 Å². The zero-order valence-corrected chi connectivity index (χ0v) is 16.4. The molecule has 0 fully saturated rings. The maximum absolute atomic E-state index is 13.4. The van der Waals surface area contributed by atoms with Crippen molar-refractivity contribution in [3.63, 3.8) is 0 Å². The first kappa shape index (κ1) is 18.8. The molecule has 0 aliphatic carbocycles. The first-order chi connectivity index (χ1) is 15.2. The molecule has 0 spiro atoms. The molecule has 0 unspecified atom stereocenters. The summed E-state index contributed by atoms with van der Waals surface area (Å²) in [5.74, 6) is -0.592. The quantitative estimate of drug-likeness (QED) is 0.340. The smallest absolute Gasteiger partial charge is 0.344 e.